The van der Waals surface area contributed by atoms with Crippen LogP contribution < -0.4 is 10.2 Å². The maximum Gasteiger partial charge on any atom is 0.338 e. The molecule has 1 aromatic heterocycles. The number of likely N-dealkylation sites (tertiary alicyclic amines) is 1. The second-order valence-electron chi connectivity index (χ2n) is 11.3. The van der Waals surface area contributed by atoms with E-state index in [2.05, 4.69) is 10.2 Å². The molecule has 4 atom stereocenters. The van der Waals surface area contributed by atoms with Crippen LogP contribution in [0.4, 0.5) is 17.1 Å². The van der Waals surface area contributed by atoms with Crippen LogP contribution in [-0.2, 0) is 19.9 Å². The number of nitrogens with one attached hydrogen (secondary N) is 1. The SMILES string of the molecule is COC(=O)c1ccc(N(C)C(=O)[C@@H]2[C@H](C)N(CC3CC3)[C@@]3(C(=O)Nc4cc(Cl)ccc43)[C@H]2c2cc(Cl)cs2)c([N+](=O)[O-])c1. The van der Waals surface area contributed by atoms with Crippen molar-refractivity contribution in [3.63, 3.8) is 0 Å². The highest BCUT2D eigenvalue weighted by Gasteiger charge is 2.68. The van der Waals surface area contributed by atoms with Gasteiger partial charge in [-0.05, 0) is 56.0 Å². The van der Waals surface area contributed by atoms with Crippen LogP contribution in [0, 0.1) is 22.0 Å². The van der Waals surface area contributed by atoms with Crippen LogP contribution in [0.5, 0.6) is 0 Å². The van der Waals surface area contributed by atoms with Crippen LogP contribution in [0.25, 0.3) is 0 Å². The van der Waals surface area contributed by atoms with Crippen molar-refractivity contribution in [3.8, 4) is 0 Å². The van der Waals surface area contributed by atoms with Crippen LogP contribution in [0.15, 0.2) is 47.8 Å². The molecule has 6 rings (SSSR count). The van der Waals surface area contributed by atoms with E-state index in [1.165, 1.54) is 42.5 Å². The number of benzene rings is 2. The minimum atomic E-state index is -1.24. The fraction of sp³-hybridized carbons (Fsp3) is 0.367. The van der Waals surface area contributed by atoms with E-state index in [0.717, 1.165) is 29.3 Å². The maximum atomic E-state index is 14.7. The van der Waals surface area contributed by atoms with E-state index >= 15 is 0 Å². The number of rotatable bonds is 7. The van der Waals surface area contributed by atoms with Gasteiger partial charge in [0.15, 0.2) is 0 Å². The van der Waals surface area contributed by atoms with Gasteiger partial charge in [-0.25, -0.2) is 4.79 Å². The summed E-state index contributed by atoms with van der Waals surface area (Å²) in [6, 6.07) is 10.5. The zero-order valence-electron chi connectivity index (χ0n) is 23.5. The lowest BCUT2D eigenvalue weighted by molar-refractivity contribution is -0.384. The quantitative estimate of drug-likeness (QED) is 0.188. The van der Waals surface area contributed by atoms with Gasteiger partial charge in [0.25, 0.3) is 5.69 Å². The van der Waals surface area contributed by atoms with Crippen LogP contribution in [-0.4, -0.2) is 54.4 Å². The maximum absolute atomic E-state index is 14.7. The third kappa shape index (κ3) is 4.69. The molecule has 0 unspecified atom stereocenters. The third-order valence-corrected chi connectivity index (χ3v) is 10.5. The number of ether oxygens (including phenoxy) is 1. The molecule has 2 aromatic carbocycles. The summed E-state index contributed by atoms with van der Waals surface area (Å²) in [7, 11) is 2.66. The summed E-state index contributed by atoms with van der Waals surface area (Å²) in [5.41, 5.74) is -0.313. The summed E-state index contributed by atoms with van der Waals surface area (Å²) < 4.78 is 4.72. The number of esters is 1. The van der Waals surface area contributed by atoms with Gasteiger partial charge in [-0.15, -0.1) is 11.3 Å². The smallest absolute Gasteiger partial charge is 0.338 e. The lowest BCUT2D eigenvalue weighted by Gasteiger charge is -2.39. The number of hydrogen-bond acceptors (Lipinski definition) is 8. The number of halogens is 2. The highest BCUT2D eigenvalue weighted by Crippen LogP contribution is 2.61. The lowest BCUT2D eigenvalue weighted by atomic mass is 9.73. The topological polar surface area (TPSA) is 122 Å². The molecular weight excluding hydrogens is 615 g/mol. The predicted molar refractivity (Wildman–Crippen MR) is 164 cm³/mol. The highest BCUT2D eigenvalue weighted by atomic mass is 35.5. The Morgan fingerprint density at radius 3 is 2.56 bits per heavy atom. The number of thiophene rings is 1. The van der Waals surface area contributed by atoms with Crippen molar-refractivity contribution >= 4 is 69.4 Å². The zero-order chi connectivity index (χ0) is 30.8. The van der Waals surface area contributed by atoms with E-state index in [9.17, 15) is 24.5 Å². The standard InChI is InChI=1S/C30H28Cl2N4O6S/c1-15-25(27(37)34(2)22-9-6-17(28(38)42-3)10-23(22)36(40)41)26(24-12-19(32)14-43-24)30(35(15)13-16-4-5-16)20-8-7-18(31)11-21(20)33-29(30)39/h6-12,14-16,25-26H,4-5,13H2,1-3H3,(H,33,39)/t15-,25+,26-,30+/m0/s1. The molecule has 0 bridgehead atoms. The summed E-state index contributed by atoms with van der Waals surface area (Å²) in [6.07, 6.45) is 2.06. The normalized spacial score (nSPS) is 24.6. The summed E-state index contributed by atoms with van der Waals surface area (Å²) >= 11 is 14.1. The van der Waals surface area contributed by atoms with E-state index in [1.54, 1.807) is 23.6 Å². The van der Waals surface area contributed by atoms with Gasteiger partial charge in [0.2, 0.25) is 11.8 Å². The van der Waals surface area contributed by atoms with Crippen LogP contribution >= 0.6 is 34.5 Å². The molecule has 1 spiro atoms. The van der Waals surface area contributed by atoms with Gasteiger partial charge in [-0.1, -0.05) is 29.3 Å². The van der Waals surface area contributed by atoms with Gasteiger partial charge in [0.05, 0.1) is 28.5 Å². The number of nitro benzene ring substituents is 1. The second-order valence-corrected chi connectivity index (χ2v) is 13.1. The van der Waals surface area contributed by atoms with Crippen LogP contribution in [0.2, 0.25) is 10.0 Å². The zero-order valence-corrected chi connectivity index (χ0v) is 25.8. The largest absolute Gasteiger partial charge is 0.465 e. The number of nitrogens with zero attached hydrogens (tertiary/aromatic N) is 3. The summed E-state index contributed by atoms with van der Waals surface area (Å²) in [5, 5.41) is 17.9. The lowest BCUT2D eigenvalue weighted by Crippen LogP contribution is -2.52. The van der Waals surface area contributed by atoms with Crippen molar-refractivity contribution in [1.29, 1.82) is 0 Å². The predicted octanol–water partition coefficient (Wildman–Crippen LogP) is 6.07. The van der Waals surface area contributed by atoms with Gasteiger partial charge >= 0.3 is 5.97 Å². The van der Waals surface area contributed by atoms with Crippen molar-refractivity contribution in [2.24, 2.45) is 11.8 Å². The molecule has 3 aliphatic rings. The van der Waals surface area contributed by atoms with Crippen molar-refractivity contribution in [1.82, 2.24) is 4.90 Å². The van der Waals surface area contributed by atoms with Gasteiger partial charge in [0, 0.05) is 58.1 Å². The minimum absolute atomic E-state index is 0.00778. The first-order chi connectivity index (χ1) is 20.5. The Hall–Kier alpha value is -3.51. The molecule has 10 nitrogen and oxygen atoms in total. The number of carbonyl (C=O) groups is 3. The Morgan fingerprint density at radius 2 is 1.93 bits per heavy atom. The number of methoxy groups -OCH3 is 1. The van der Waals surface area contributed by atoms with E-state index < -0.39 is 45.9 Å². The molecule has 3 aromatic rings. The van der Waals surface area contributed by atoms with Gasteiger partial charge in [-0.3, -0.25) is 24.6 Å². The monoisotopic (exact) mass is 642 g/mol. The summed E-state index contributed by atoms with van der Waals surface area (Å²) in [4.78, 5) is 56.7. The summed E-state index contributed by atoms with van der Waals surface area (Å²) in [6.45, 7) is 2.54. The Bertz CT molecular complexity index is 1680. The van der Waals surface area contributed by atoms with E-state index in [-0.39, 0.29) is 17.2 Å². The van der Waals surface area contributed by atoms with Crippen molar-refractivity contribution in [2.75, 3.05) is 30.9 Å². The molecule has 224 valence electrons. The first kappa shape index (κ1) is 29.6. The van der Waals surface area contributed by atoms with Crippen LogP contribution in [0.1, 0.15) is 46.5 Å². The number of nitro groups is 1. The number of carbonyl (C=O) groups excluding carboxylic acids is 3. The molecule has 2 fully saturated rings. The Kier molecular flexibility index (Phi) is 7.48. The molecule has 43 heavy (non-hydrogen) atoms. The minimum Gasteiger partial charge on any atom is -0.465 e. The second kappa shape index (κ2) is 10.9. The molecule has 0 radical (unpaired) electrons. The summed E-state index contributed by atoms with van der Waals surface area (Å²) in [5.74, 6) is -2.45. The molecule has 1 saturated heterocycles. The fourth-order valence-corrected chi connectivity index (χ4v) is 8.23. The molecule has 1 aliphatic carbocycles. The average molecular weight is 644 g/mol. The number of amides is 2. The molecule has 1 saturated carbocycles. The third-order valence-electron chi connectivity index (χ3n) is 8.88. The van der Waals surface area contributed by atoms with Crippen molar-refractivity contribution < 1.29 is 24.0 Å². The molecule has 3 heterocycles. The Labute approximate surface area is 261 Å². The van der Waals surface area contributed by atoms with Crippen molar-refractivity contribution in [2.45, 2.75) is 37.3 Å². The first-order valence-corrected chi connectivity index (χ1v) is 15.4. The average Bonchev–Trinajstić information content (AvgIpc) is 3.56. The molecule has 13 heteroatoms. The van der Waals surface area contributed by atoms with E-state index in [0.29, 0.717) is 28.2 Å². The Balaban J connectivity index is 1.52. The molecule has 2 amide bonds. The van der Waals surface area contributed by atoms with Gasteiger partial charge in [-0.2, -0.15) is 0 Å². The van der Waals surface area contributed by atoms with E-state index in [4.69, 9.17) is 27.9 Å². The van der Waals surface area contributed by atoms with Crippen LogP contribution in [0.3, 0.4) is 0 Å². The Morgan fingerprint density at radius 1 is 1.19 bits per heavy atom. The highest BCUT2D eigenvalue weighted by molar-refractivity contribution is 7.10. The fourth-order valence-electron chi connectivity index (χ4n) is 6.77. The van der Waals surface area contributed by atoms with Gasteiger partial charge < -0.3 is 15.0 Å². The van der Waals surface area contributed by atoms with Crippen molar-refractivity contribution in [3.05, 3.63) is 84.0 Å². The molecule has 2 aliphatic heterocycles. The van der Waals surface area contributed by atoms with E-state index in [1.807, 2.05) is 13.0 Å². The number of fused-ring (bicyclic) bond motifs is 2. The first-order valence-electron chi connectivity index (χ1n) is 13.8. The van der Waals surface area contributed by atoms with Gasteiger partial charge in [0.1, 0.15) is 11.2 Å². The number of hydrogen-bond donors (Lipinski definition) is 1. The number of anilines is 2. The molecular formula is C30H28Cl2N4O6S. The molecule has 1 N–H and O–H groups in total.